The second kappa shape index (κ2) is 16.4. The number of hydrogen-bond acceptors (Lipinski definition) is 9. The van der Waals surface area contributed by atoms with Crippen molar-refractivity contribution < 1.29 is 46.2 Å². The lowest BCUT2D eigenvalue weighted by Gasteiger charge is -2.30. The third kappa shape index (κ3) is 16.7. The highest BCUT2D eigenvalue weighted by molar-refractivity contribution is 7.85. The standard InChI is InChI=1S/C26H45N5O9S/c1-26(2,3)40-25(36)29-20(24(35)28-15-18-31(4,5)17-9-19-41(37,38)39)10-6-7-14-27-21(32)11-8-16-30-22(33)12-13-23(30)34/h12-13,20H,6-11,14-19H2,1-5H3,(H3-,27,28,29,32,35,36,37,38,39). The van der Waals surface area contributed by atoms with Crippen molar-refractivity contribution >= 4 is 39.8 Å². The number of quaternary nitrogens is 1. The highest BCUT2D eigenvalue weighted by atomic mass is 32.2. The molecule has 0 aliphatic carbocycles. The first-order chi connectivity index (χ1) is 18.9. The molecule has 0 aromatic heterocycles. The largest absolute Gasteiger partial charge is 0.748 e. The number of nitrogens with zero attached hydrogens (tertiary/aromatic N) is 2. The van der Waals surface area contributed by atoms with Crippen LogP contribution in [0.25, 0.3) is 0 Å². The summed E-state index contributed by atoms with van der Waals surface area (Å²) in [6, 6.07) is -0.870. The molecule has 1 unspecified atom stereocenters. The fourth-order valence-electron chi connectivity index (χ4n) is 3.94. The highest BCUT2D eigenvalue weighted by Crippen LogP contribution is 2.09. The molecule has 0 spiro atoms. The van der Waals surface area contributed by atoms with Gasteiger partial charge >= 0.3 is 6.09 Å². The molecule has 1 atom stereocenters. The van der Waals surface area contributed by atoms with Crippen molar-refractivity contribution in [3.63, 3.8) is 0 Å². The predicted octanol–water partition coefficient (Wildman–Crippen LogP) is -0.000700. The lowest BCUT2D eigenvalue weighted by Crippen LogP contribution is -2.51. The van der Waals surface area contributed by atoms with Crippen LogP contribution < -0.4 is 16.0 Å². The Morgan fingerprint density at radius 3 is 2.20 bits per heavy atom. The molecule has 3 N–H and O–H groups in total. The van der Waals surface area contributed by atoms with Gasteiger partial charge in [-0.25, -0.2) is 13.2 Å². The van der Waals surface area contributed by atoms with Gasteiger partial charge in [-0.1, -0.05) is 0 Å². The quantitative estimate of drug-likeness (QED) is 0.0837. The third-order valence-corrected chi connectivity index (χ3v) is 6.90. The molecule has 1 heterocycles. The van der Waals surface area contributed by atoms with E-state index in [1.165, 1.54) is 12.2 Å². The van der Waals surface area contributed by atoms with E-state index in [1.54, 1.807) is 20.8 Å². The lowest BCUT2D eigenvalue weighted by atomic mass is 10.1. The summed E-state index contributed by atoms with van der Waals surface area (Å²) in [5.41, 5.74) is -0.750. The fourth-order valence-corrected chi connectivity index (χ4v) is 4.43. The van der Waals surface area contributed by atoms with Crippen LogP contribution in [0.15, 0.2) is 12.2 Å². The molecular weight excluding hydrogens is 558 g/mol. The predicted molar refractivity (Wildman–Crippen MR) is 149 cm³/mol. The van der Waals surface area contributed by atoms with Crippen LogP contribution in [0.4, 0.5) is 4.79 Å². The zero-order valence-electron chi connectivity index (χ0n) is 24.7. The second-order valence-corrected chi connectivity index (χ2v) is 13.1. The van der Waals surface area contributed by atoms with Crippen molar-refractivity contribution in [3.05, 3.63) is 12.2 Å². The Balaban J connectivity index is 2.47. The van der Waals surface area contributed by atoms with Crippen LogP contribution in [0.1, 0.15) is 59.3 Å². The molecule has 0 fully saturated rings. The minimum absolute atomic E-state index is 0.157. The van der Waals surface area contributed by atoms with Crippen molar-refractivity contribution in [3.8, 4) is 0 Å². The summed E-state index contributed by atoms with van der Waals surface area (Å²) >= 11 is 0. The molecule has 41 heavy (non-hydrogen) atoms. The molecule has 14 nitrogen and oxygen atoms in total. The smallest absolute Gasteiger partial charge is 0.408 e. The SMILES string of the molecule is CC(C)(C)OC(=O)NC(CCCCNC(=O)CCCN1C(=O)C=CC1=O)C(=O)NCC[N+](C)(C)CCCS(=O)(=O)[O-]. The van der Waals surface area contributed by atoms with Gasteiger partial charge in [0.25, 0.3) is 11.8 Å². The molecule has 0 aromatic rings. The van der Waals surface area contributed by atoms with E-state index >= 15 is 0 Å². The van der Waals surface area contributed by atoms with Crippen LogP contribution in [0.2, 0.25) is 0 Å². The second-order valence-electron chi connectivity index (χ2n) is 11.6. The summed E-state index contributed by atoms with van der Waals surface area (Å²) in [5.74, 6) is -1.83. The van der Waals surface area contributed by atoms with Crippen LogP contribution in [0.5, 0.6) is 0 Å². The minimum Gasteiger partial charge on any atom is -0.748 e. The molecule has 5 amide bonds. The Morgan fingerprint density at radius 2 is 1.61 bits per heavy atom. The maximum atomic E-state index is 12.9. The summed E-state index contributed by atoms with van der Waals surface area (Å²) < 4.78 is 38.2. The molecule has 234 valence electrons. The number of carbonyl (C=O) groups is 5. The maximum absolute atomic E-state index is 12.9. The van der Waals surface area contributed by atoms with Crippen molar-refractivity contribution in [1.29, 1.82) is 0 Å². The summed E-state index contributed by atoms with van der Waals surface area (Å²) in [5, 5.41) is 8.16. The monoisotopic (exact) mass is 603 g/mol. The summed E-state index contributed by atoms with van der Waals surface area (Å²) in [6.45, 7) is 6.83. The van der Waals surface area contributed by atoms with Crippen molar-refractivity contribution in [1.82, 2.24) is 20.9 Å². The van der Waals surface area contributed by atoms with Crippen molar-refractivity contribution in [2.24, 2.45) is 0 Å². The van der Waals surface area contributed by atoms with Gasteiger partial charge in [0.05, 0.1) is 43.8 Å². The van der Waals surface area contributed by atoms with Gasteiger partial charge in [-0.05, 0) is 46.5 Å². The Hall–Kier alpha value is -3.04. The lowest BCUT2D eigenvalue weighted by molar-refractivity contribution is -0.889. The zero-order valence-corrected chi connectivity index (χ0v) is 25.5. The van der Waals surface area contributed by atoms with E-state index in [4.69, 9.17) is 4.74 Å². The van der Waals surface area contributed by atoms with E-state index in [1.807, 2.05) is 14.1 Å². The minimum atomic E-state index is -4.28. The Morgan fingerprint density at radius 1 is 0.976 bits per heavy atom. The van der Waals surface area contributed by atoms with Crippen LogP contribution in [-0.4, -0.2) is 116 Å². The molecule has 1 aliphatic heterocycles. The molecule has 0 bridgehead atoms. The maximum Gasteiger partial charge on any atom is 0.408 e. The van der Waals surface area contributed by atoms with Gasteiger partial charge in [0.15, 0.2) is 0 Å². The van der Waals surface area contributed by atoms with Crippen molar-refractivity contribution in [2.75, 3.05) is 52.6 Å². The Bertz CT molecular complexity index is 1050. The number of amides is 5. The average Bonchev–Trinajstić information content (AvgIpc) is 3.13. The average molecular weight is 604 g/mol. The molecule has 0 saturated heterocycles. The van der Waals surface area contributed by atoms with Crippen LogP contribution in [-0.2, 0) is 34.0 Å². The molecule has 1 aliphatic rings. The van der Waals surface area contributed by atoms with E-state index in [2.05, 4.69) is 16.0 Å². The number of ether oxygens (including phenoxy) is 1. The summed E-state index contributed by atoms with van der Waals surface area (Å²) in [4.78, 5) is 61.4. The fraction of sp³-hybridized carbons (Fsp3) is 0.731. The zero-order chi connectivity index (χ0) is 31.3. The van der Waals surface area contributed by atoms with Gasteiger partial charge in [0, 0.05) is 43.8 Å². The van der Waals surface area contributed by atoms with Gasteiger partial charge in [0.1, 0.15) is 11.6 Å². The normalized spacial score (nSPS) is 14.6. The Kier molecular flexibility index (Phi) is 14.4. The van der Waals surface area contributed by atoms with Crippen LogP contribution in [0.3, 0.4) is 0 Å². The van der Waals surface area contributed by atoms with Crippen LogP contribution in [0, 0.1) is 0 Å². The molecule has 0 saturated carbocycles. The third-order valence-electron chi connectivity index (χ3n) is 6.11. The van der Waals surface area contributed by atoms with Gasteiger partial charge in [0.2, 0.25) is 11.8 Å². The number of unbranched alkanes of at least 4 members (excludes halogenated alkanes) is 1. The number of hydrogen-bond donors (Lipinski definition) is 3. The summed E-state index contributed by atoms with van der Waals surface area (Å²) in [7, 11) is -0.561. The van der Waals surface area contributed by atoms with E-state index in [9.17, 15) is 36.9 Å². The molecule has 0 aromatic carbocycles. The number of likely N-dealkylation sites (N-methyl/N-ethyl adjacent to an activating group) is 1. The van der Waals surface area contributed by atoms with Gasteiger partial charge in [-0.15, -0.1) is 0 Å². The topological polar surface area (TPSA) is 191 Å². The molecule has 1 rings (SSSR count). The first-order valence-electron chi connectivity index (χ1n) is 13.7. The molecule has 0 radical (unpaired) electrons. The molecular formula is C26H45N5O9S. The van der Waals surface area contributed by atoms with E-state index in [0.717, 1.165) is 4.90 Å². The van der Waals surface area contributed by atoms with Gasteiger partial charge in [-0.2, -0.15) is 0 Å². The van der Waals surface area contributed by atoms with E-state index < -0.39 is 39.5 Å². The number of alkyl carbamates (subject to hydrolysis) is 1. The highest BCUT2D eigenvalue weighted by Gasteiger charge is 2.25. The number of nitrogens with one attached hydrogen (secondary N) is 3. The van der Waals surface area contributed by atoms with Gasteiger partial charge in [-0.3, -0.25) is 24.1 Å². The Labute approximate surface area is 242 Å². The number of imide groups is 1. The van der Waals surface area contributed by atoms with Gasteiger partial charge < -0.3 is 29.7 Å². The molecule has 15 heteroatoms. The first kappa shape index (κ1) is 36.0. The number of rotatable bonds is 18. The van der Waals surface area contributed by atoms with Crippen LogP contribution >= 0.6 is 0 Å². The summed E-state index contributed by atoms with van der Waals surface area (Å²) in [6.07, 6.45) is 3.74. The first-order valence-corrected chi connectivity index (χ1v) is 15.3. The number of carbonyl (C=O) groups excluding carboxylic acids is 5. The van der Waals surface area contributed by atoms with E-state index in [-0.39, 0.29) is 43.7 Å². The van der Waals surface area contributed by atoms with E-state index in [0.29, 0.717) is 49.8 Å². The van der Waals surface area contributed by atoms with Crippen molar-refractivity contribution in [2.45, 2.75) is 70.9 Å².